The highest BCUT2D eigenvalue weighted by atomic mass is 19.1. The van der Waals surface area contributed by atoms with Crippen LogP contribution >= 0.6 is 0 Å². The van der Waals surface area contributed by atoms with Gasteiger partial charge in [0.2, 0.25) is 0 Å². The van der Waals surface area contributed by atoms with Crippen molar-refractivity contribution >= 4 is 0 Å². The third-order valence-corrected chi connectivity index (χ3v) is 19.1. The molecule has 0 saturated carbocycles. The van der Waals surface area contributed by atoms with Gasteiger partial charge in [0.1, 0.15) is 11.6 Å². The lowest BCUT2D eigenvalue weighted by molar-refractivity contribution is 0.610. The lowest BCUT2D eigenvalue weighted by Gasteiger charge is -2.20. The van der Waals surface area contributed by atoms with Crippen molar-refractivity contribution in [3.63, 3.8) is 0 Å². The number of benzene rings is 2. The maximum absolute atomic E-state index is 18.3. The average molecular weight is 1500 g/mol. The highest BCUT2D eigenvalue weighted by molar-refractivity contribution is 5.95. The van der Waals surface area contributed by atoms with Gasteiger partial charge in [-0.3, -0.25) is 49.8 Å². The maximum atomic E-state index is 18.3. The normalized spacial score (nSPS) is 11.0. The van der Waals surface area contributed by atoms with Gasteiger partial charge < -0.3 is 0 Å². The van der Waals surface area contributed by atoms with Gasteiger partial charge in [0.25, 0.3) is 0 Å². The summed E-state index contributed by atoms with van der Waals surface area (Å²) in [6, 6.07) is 96.8. The van der Waals surface area contributed by atoms with Gasteiger partial charge in [-0.05, 0) is 258 Å². The molecule has 19 heteroatoms. The smallest absolute Gasteiger partial charge is 0.143 e. The summed E-state index contributed by atoms with van der Waals surface area (Å²) in [7, 11) is 0. The second kappa shape index (κ2) is 32.8. The van der Waals surface area contributed by atoms with Gasteiger partial charge in [-0.1, -0.05) is 84.9 Å². The predicted molar refractivity (Wildman–Crippen MR) is 448 cm³/mol. The monoisotopic (exact) mass is 1500 g/mol. The molecule has 0 aliphatic carbocycles. The van der Waals surface area contributed by atoms with Crippen LogP contribution in [0.1, 0.15) is 0 Å². The van der Waals surface area contributed by atoms with Crippen molar-refractivity contribution in [3.05, 3.63) is 383 Å². The van der Waals surface area contributed by atoms with Gasteiger partial charge in [-0.15, -0.1) is 0 Å². The van der Waals surface area contributed by atoms with Crippen LogP contribution in [0.4, 0.5) is 8.78 Å². The largest absolute Gasteiger partial charge is 0.255 e. The van der Waals surface area contributed by atoms with E-state index in [1.807, 2.05) is 158 Å². The molecule has 0 saturated heterocycles. The van der Waals surface area contributed by atoms with Crippen molar-refractivity contribution in [2.24, 2.45) is 0 Å². The first-order chi connectivity index (χ1) is 57.3. The fourth-order valence-corrected chi connectivity index (χ4v) is 13.7. The van der Waals surface area contributed by atoms with E-state index in [0.29, 0.717) is 45.6 Å². The van der Waals surface area contributed by atoms with Gasteiger partial charge in [0.05, 0.1) is 137 Å². The Bertz CT molecular complexity index is 5790. The molecule has 19 rings (SSSR count). The molecule has 2 aromatic carbocycles. The summed E-state index contributed by atoms with van der Waals surface area (Å²) in [5.41, 5.74) is 19.2. The van der Waals surface area contributed by atoms with E-state index >= 15 is 8.78 Å². The highest BCUT2D eigenvalue weighted by Gasteiger charge is 2.32. The van der Waals surface area contributed by atoms with Crippen LogP contribution in [0.2, 0.25) is 0 Å². The van der Waals surface area contributed by atoms with Gasteiger partial charge in [-0.25, -0.2) is 43.7 Å². The first-order valence-electron chi connectivity index (χ1n) is 37.1. The highest BCUT2D eigenvalue weighted by Crippen LogP contribution is 2.48. The van der Waals surface area contributed by atoms with Gasteiger partial charge in [-0.2, -0.15) is 0 Å². The number of hydrogen-bond acceptors (Lipinski definition) is 17. The number of rotatable bonds is 17. The molecule has 17 aromatic heterocycles. The quantitative estimate of drug-likeness (QED) is 0.0827. The van der Waals surface area contributed by atoms with Gasteiger partial charge in [0, 0.05) is 84.2 Å². The fourth-order valence-electron chi connectivity index (χ4n) is 13.7. The summed E-state index contributed by atoms with van der Waals surface area (Å²) < 4.78 is 36.5. The Labute approximate surface area is 665 Å². The molecule has 0 N–H and O–H groups in total. The Balaban J connectivity index is 0.000000161. The molecule has 0 fully saturated rings. The summed E-state index contributed by atoms with van der Waals surface area (Å²) in [5, 5.41) is 0. The van der Waals surface area contributed by atoms with Crippen LogP contribution in [0.5, 0.6) is 0 Å². The molecule has 0 aliphatic rings. The first-order valence-corrected chi connectivity index (χ1v) is 37.1. The van der Waals surface area contributed by atoms with E-state index in [4.69, 9.17) is 34.9 Å². The van der Waals surface area contributed by atoms with Crippen molar-refractivity contribution in [1.82, 2.24) is 84.7 Å². The van der Waals surface area contributed by atoms with E-state index in [0.717, 1.165) is 102 Å². The molecule has 0 radical (unpaired) electrons. The number of halogens is 2. The van der Waals surface area contributed by atoms with Crippen molar-refractivity contribution in [2.75, 3.05) is 0 Å². The standard InChI is InChI=1S/C51H33N9.C46H28F2N8/c1-7-19-52-40(13-1)46-28-37(29-47(58-46)41-14-2-8-20-53-41)34-25-35(38-30-48(42-15-3-9-21-54-42)59-49(31-38)43-16-4-10-22-55-43)27-36(26-34)39-32-50(44-17-5-11-23-56-44)60-51(33-39)45-18-6-12-24-57-45;47-45-41(37-21-9-17-33(53-37)29-13-1-5-25-49-29)42(38-22-10-18-34(54-38)30-14-2-6-26-50-30)46(48)44(40-24-12-20-36(56-40)32-16-4-8-28-52-32)43(45)39-23-11-19-35(55-39)31-15-3-7-27-51-31/h1-33H;1-28H. The van der Waals surface area contributed by atoms with E-state index in [1.54, 1.807) is 159 Å². The second-order valence-electron chi connectivity index (χ2n) is 26.6. The van der Waals surface area contributed by atoms with Crippen LogP contribution in [0, 0.1) is 11.6 Å². The van der Waals surface area contributed by atoms with Crippen molar-refractivity contribution < 1.29 is 8.78 Å². The molecule has 0 atom stereocenters. The Morgan fingerprint density at radius 3 is 0.431 bits per heavy atom. The summed E-state index contributed by atoms with van der Waals surface area (Å²) in [6.45, 7) is 0. The third-order valence-electron chi connectivity index (χ3n) is 19.1. The van der Waals surface area contributed by atoms with Crippen molar-refractivity contribution in [1.29, 1.82) is 0 Å². The van der Waals surface area contributed by atoms with E-state index in [-0.39, 0.29) is 45.0 Å². The van der Waals surface area contributed by atoms with Crippen LogP contribution < -0.4 is 0 Å². The minimum Gasteiger partial charge on any atom is -0.255 e. The van der Waals surface area contributed by atoms with Crippen molar-refractivity contribution in [3.8, 4) is 192 Å². The molecule has 0 bridgehead atoms. The molecule has 548 valence electrons. The Hall–Kier alpha value is -16.2. The van der Waals surface area contributed by atoms with Crippen molar-refractivity contribution in [2.45, 2.75) is 0 Å². The van der Waals surface area contributed by atoms with Crippen LogP contribution in [-0.4, -0.2) is 84.7 Å². The predicted octanol–water partition coefficient (Wildman–Crippen LogP) is 21.7. The average Bonchev–Trinajstić information content (AvgIpc) is 0.728. The molecule has 17 nitrogen and oxygen atoms in total. The molecular weight excluding hydrogens is 1440 g/mol. The zero-order chi connectivity index (χ0) is 77.9. The van der Waals surface area contributed by atoms with Crippen LogP contribution in [0.25, 0.3) is 192 Å². The minimum absolute atomic E-state index is 0.101. The Morgan fingerprint density at radius 2 is 0.267 bits per heavy atom. The number of pyridine rings is 17. The number of hydrogen-bond donors (Lipinski definition) is 0. The van der Waals surface area contributed by atoms with E-state index in [9.17, 15) is 0 Å². The van der Waals surface area contributed by atoms with Crippen LogP contribution in [-0.2, 0) is 0 Å². The summed E-state index contributed by atoms with van der Waals surface area (Å²) in [5.74, 6) is -1.52. The summed E-state index contributed by atoms with van der Waals surface area (Å²) in [6.07, 6.45) is 17.3. The molecule has 19 aromatic rings. The lowest BCUT2D eigenvalue weighted by atomic mass is 9.88. The zero-order valence-electron chi connectivity index (χ0n) is 61.6. The zero-order valence-corrected chi connectivity index (χ0v) is 61.6. The van der Waals surface area contributed by atoms with Gasteiger partial charge in [0.15, 0.2) is 0 Å². The van der Waals surface area contributed by atoms with E-state index < -0.39 is 11.6 Å². The summed E-state index contributed by atoms with van der Waals surface area (Å²) in [4.78, 5) is 80.7. The first kappa shape index (κ1) is 71.5. The minimum atomic E-state index is -0.761. The molecule has 0 aliphatic heterocycles. The summed E-state index contributed by atoms with van der Waals surface area (Å²) >= 11 is 0. The Kier molecular flexibility index (Phi) is 20.2. The number of aromatic nitrogens is 17. The molecule has 0 unspecified atom stereocenters. The van der Waals surface area contributed by atoms with Crippen LogP contribution in [0.3, 0.4) is 0 Å². The Morgan fingerprint density at radius 1 is 0.129 bits per heavy atom. The SMILES string of the molecule is Fc1c(-c2cccc(-c3ccccn3)n2)c(-c2cccc(-c3ccccn3)n2)c(F)c(-c2cccc(-c3ccccn3)n2)c1-c1cccc(-c2ccccn2)n1.c1ccc(-c2cc(-c3cc(-c4cc(-c5ccccn5)nc(-c5ccccn5)c4)cc(-c4cc(-c5ccccn5)nc(-c5ccccn5)c4)c3)cc(-c3ccccn3)n2)nc1. The van der Waals surface area contributed by atoms with E-state index in [2.05, 4.69) is 104 Å². The molecular formula is C97H61F2N17. The fraction of sp³-hybridized carbons (Fsp3) is 0. The molecule has 116 heavy (non-hydrogen) atoms. The molecule has 17 heterocycles. The number of nitrogens with zero attached hydrogens (tertiary/aromatic N) is 17. The van der Waals surface area contributed by atoms with Crippen LogP contribution in [0.15, 0.2) is 371 Å². The maximum Gasteiger partial charge on any atom is 0.143 e. The van der Waals surface area contributed by atoms with Gasteiger partial charge >= 0.3 is 0 Å². The second-order valence-corrected chi connectivity index (χ2v) is 26.6. The van der Waals surface area contributed by atoms with E-state index in [1.165, 1.54) is 0 Å². The third kappa shape index (κ3) is 15.4. The molecule has 0 spiro atoms. The topological polar surface area (TPSA) is 219 Å². The lowest BCUT2D eigenvalue weighted by Crippen LogP contribution is -2.06. The molecule has 0 amide bonds.